The zero-order chi connectivity index (χ0) is 9.10. The first kappa shape index (κ1) is 8.44. The molecule has 1 atom stereocenters. The van der Waals surface area contributed by atoms with Crippen molar-refractivity contribution in [2.24, 2.45) is 0 Å². The molecular weight excluding hydrogens is 166 g/mol. The molecule has 2 heterocycles. The molecule has 1 unspecified atom stereocenters. The summed E-state index contributed by atoms with van der Waals surface area (Å²) >= 11 is 0. The molecule has 1 saturated heterocycles. The van der Waals surface area contributed by atoms with Crippen LogP contribution in [0.25, 0.3) is 0 Å². The van der Waals surface area contributed by atoms with Gasteiger partial charge >= 0.3 is 6.01 Å². The molecule has 0 spiro atoms. The molecule has 1 aliphatic rings. The van der Waals surface area contributed by atoms with E-state index < -0.39 is 0 Å². The summed E-state index contributed by atoms with van der Waals surface area (Å²) in [5.41, 5.74) is 1.05. The first-order valence-electron chi connectivity index (χ1n) is 4.50. The van der Waals surface area contributed by atoms with Crippen LogP contribution in [0.2, 0.25) is 0 Å². The Bertz CT molecular complexity index is 267. The van der Waals surface area contributed by atoms with Crippen LogP contribution in [0.4, 0.5) is 0 Å². The second kappa shape index (κ2) is 3.70. The minimum atomic E-state index is 0.239. The first-order chi connectivity index (χ1) is 6.34. The summed E-state index contributed by atoms with van der Waals surface area (Å²) in [5, 5.41) is 3.22. The summed E-state index contributed by atoms with van der Waals surface area (Å²) in [5.74, 6) is 0. The lowest BCUT2D eigenvalue weighted by molar-refractivity contribution is 0.204. The maximum atomic E-state index is 5.55. The maximum absolute atomic E-state index is 5.55. The molecule has 0 amide bonds. The van der Waals surface area contributed by atoms with Crippen molar-refractivity contribution in [3.05, 3.63) is 18.0 Å². The summed E-state index contributed by atoms with van der Waals surface area (Å²) in [6.07, 6.45) is 4.81. The van der Waals surface area contributed by atoms with E-state index in [0.29, 0.717) is 6.01 Å². The van der Waals surface area contributed by atoms with E-state index in [0.717, 1.165) is 25.1 Å². The van der Waals surface area contributed by atoms with Crippen LogP contribution < -0.4 is 10.1 Å². The summed E-state index contributed by atoms with van der Waals surface area (Å²) in [4.78, 5) is 8.16. The minimum Gasteiger partial charge on any atom is -0.459 e. The largest absolute Gasteiger partial charge is 0.459 e. The fourth-order valence-corrected chi connectivity index (χ4v) is 1.32. The first-order valence-corrected chi connectivity index (χ1v) is 4.50. The van der Waals surface area contributed by atoms with Gasteiger partial charge in [0.1, 0.15) is 6.10 Å². The highest BCUT2D eigenvalue weighted by atomic mass is 16.5. The highest BCUT2D eigenvalue weighted by molar-refractivity contribution is 5.05. The van der Waals surface area contributed by atoms with Crippen LogP contribution in [-0.2, 0) is 0 Å². The van der Waals surface area contributed by atoms with Gasteiger partial charge in [0.2, 0.25) is 0 Å². The maximum Gasteiger partial charge on any atom is 0.316 e. The Kier molecular flexibility index (Phi) is 2.40. The molecule has 0 bridgehead atoms. The second-order valence-electron chi connectivity index (χ2n) is 3.28. The normalized spacial score (nSPS) is 21.8. The molecule has 4 nitrogen and oxygen atoms in total. The van der Waals surface area contributed by atoms with E-state index in [2.05, 4.69) is 15.3 Å². The van der Waals surface area contributed by atoms with Crippen molar-refractivity contribution >= 4 is 0 Å². The number of hydrogen-bond donors (Lipinski definition) is 1. The van der Waals surface area contributed by atoms with Gasteiger partial charge in [0, 0.05) is 18.9 Å². The van der Waals surface area contributed by atoms with Crippen molar-refractivity contribution in [3.63, 3.8) is 0 Å². The van der Waals surface area contributed by atoms with Crippen LogP contribution >= 0.6 is 0 Å². The van der Waals surface area contributed by atoms with E-state index in [1.807, 2.05) is 6.92 Å². The Balaban J connectivity index is 1.97. The van der Waals surface area contributed by atoms with Crippen LogP contribution in [0.5, 0.6) is 6.01 Å². The van der Waals surface area contributed by atoms with Crippen LogP contribution in [0, 0.1) is 6.92 Å². The van der Waals surface area contributed by atoms with Crippen molar-refractivity contribution in [2.45, 2.75) is 19.4 Å². The molecule has 2 rings (SSSR count). The van der Waals surface area contributed by atoms with Crippen LogP contribution in [0.3, 0.4) is 0 Å². The van der Waals surface area contributed by atoms with Crippen molar-refractivity contribution in [2.75, 3.05) is 13.1 Å². The molecule has 4 heteroatoms. The highest BCUT2D eigenvalue weighted by Gasteiger charge is 2.16. The Morgan fingerprint density at radius 1 is 1.46 bits per heavy atom. The summed E-state index contributed by atoms with van der Waals surface area (Å²) in [6.45, 7) is 3.88. The van der Waals surface area contributed by atoms with Crippen molar-refractivity contribution < 1.29 is 4.74 Å². The third-order valence-corrected chi connectivity index (χ3v) is 2.04. The Morgan fingerprint density at radius 2 is 2.23 bits per heavy atom. The molecule has 1 aromatic rings. The van der Waals surface area contributed by atoms with Gasteiger partial charge in [-0.25, -0.2) is 9.97 Å². The van der Waals surface area contributed by atoms with Gasteiger partial charge in [-0.3, -0.25) is 0 Å². The molecule has 1 fully saturated rings. The number of aryl methyl sites for hydroxylation is 1. The van der Waals surface area contributed by atoms with Crippen LogP contribution in [0.15, 0.2) is 12.4 Å². The van der Waals surface area contributed by atoms with Gasteiger partial charge in [-0.2, -0.15) is 0 Å². The average Bonchev–Trinajstić information content (AvgIpc) is 2.62. The highest BCUT2D eigenvalue weighted by Crippen LogP contribution is 2.08. The van der Waals surface area contributed by atoms with E-state index >= 15 is 0 Å². The zero-order valence-corrected chi connectivity index (χ0v) is 7.66. The predicted molar refractivity (Wildman–Crippen MR) is 48.7 cm³/mol. The molecule has 13 heavy (non-hydrogen) atoms. The van der Waals surface area contributed by atoms with Gasteiger partial charge in [-0.05, 0) is 25.5 Å². The molecule has 0 aliphatic carbocycles. The van der Waals surface area contributed by atoms with Crippen LogP contribution in [-0.4, -0.2) is 29.2 Å². The Labute approximate surface area is 77.4 Å². The Hall–Kier alpha value is -1.16. The number of ether oxygens (including phenoxy) is 1. The van der Waals surface area contributed by atoms with Gasteiger partial charge in [0.15, 0.2) is 0 Å². The molecule has 1 aromatic heterocycles. The molecular formula is C9H13N3O. The van der Waals surface area contributed by atoms with Crippen LogP contribution in [0.1, 0.15) is 12.0 Å². The predicted octanol–water partition coefficient (Wildman–Crippen LogP) is 0.526. The number of rotatable bonds is 2. The van der Waals surface area contributed by atoms with E-state index in [1.54, 1.807) is 12.4 Å². The Morgan fingerprint density at radius 3 is 2.85 bits per heavy atom. The number of hydrogen-bond acceptors (Lipinski definition) is 4. The molecule has 70 valence electrons. The lowest BCUT2D eigenvalue weighted by Crippen LogP contribution is -2.20. The molecule has 1 N–H and O–H groups in total. The number of nitrogens with one attached hydrogen (secondary N) is 1. The smallest absolute Gasteiger partial charge is 0.316 e. The summed E-state index contributed by atoms with van der Waals surface area (Å²) in [7, 11) is 0. The summed E-state index contributed by atoms with van der Waals surface area (Å²) < 4.78 is 5.55. The zero-order valence-electron chi connectivity index (χ0n) is 7.66. The van der Waals surface area contributed by atoms with Gasteiger partial charge in [0.25, 0.3) is 0 Å². The molecule has 0 aromatic carbocycles. The number of nitrogens with zero attached hydrogens (tertiary/aromatic N) is 2. The van der Waals surface area contributed by atoms with Crippen molar-refractivity contribution in [1.82, 2.24) is 15.3 Å². The molecule has 0 radical (unpaired) electrons. The lowest BCUT2D eigenvalue weighted by atomic mass is 10.3. The number of aromatic nitrogens is 2. The third kappa shape index (κ3) is 2.15. The van der Waals surface area contributed by atoms with Crippen molar-refractivity contribution in [3.8, 4) is 6.01 Å². The fraction of sp³-hybridized carbons (Fsp3) is 0.556. The average molecular weight is 179 g/mol. The van der Waals surface area contributed by atoms with Gasteiger partial charge in [-0.15, -0.1) is 0 Å². The third-order valence-electron chi connectivity index (χ3n) is 2.04. The summed E-state index contributed by atoms with van der Waals surface area (Å²) in [6, 6.07) is 0.485. The van der Waals surface area contributed by atoms with E-state index in [1.165, 1.54) is 0 Å². The van der Waals surface area contributed by atoms with Gasteiger partial charge < -0.3 is 10.1 Å². The quantitative estimate of drug-likeness (QED) is 0.719. The van der Waals surface area contributed by atoms with E-state index in [9.17, 15) is 0 Å². The van der Waals surface area contributed by atoms with Crippen molar-refractivity contribution in [1.29, 1.82) is 0 Å². The van der Waals surface area contributed by atoms with E-state index in [4.69, 9.17) is 4.74 Å². The lowest BCUT2D eigenvalue weighted by Gasteiger charge is -2.09. The van der Waals surface area contributed by atoms with Gasteiger partial charge in [0.05, 0.1) is 0 Å². The molecule has 0 saturated carbocycles. The minimum absolute atomic E-state index is 0.239. The monoisotopic (exact) mass is 179 g/mol. The standard InChI is InChI=1S/C9H13N3O/c1-7-4-11-9(12-5-7)13-8-2-3-10-6-8/h4-5,8,10H,2-3,6H2,1H3. The fourth-order valence-electron chi connectivity index (χ4n) is 1.32. The topological polar surface area (TPSA) is 47.0 Å². The van der Waals surface area contributed by atoms with E-state index in [-0.39, 0.29) is 6.10 Å². The SMILES string of the molecule is Cc1cnc(OC2CCNC2)nc1. The second-order valence-corrected chi connectivity index (χ2v) is 3.28. The molecule has 1 aliphatic heterocycles. The van der Waals surface area contributed by atoms with Gasteiger partial charge in [-0.1, -0.05) is 0 Å².